The van der Waals surface area contributed by atoms with Crippen LogP contribution < -0.4 is 0 Å². The van der Waals surface area contributed by atoms with Crippen LogP contribution in [0.2, 0.25) is 0 Å². The van der Waals surface area contributed by atoms with Crippen molar-refractivity contribution in [2.24, 2.45) is 0 Å². The Morgan fingerprint density at radius 3 is 2.64 bits per heavy atom. The van der Waals surface area contributed by atoms with Gasteiger partial charge in [0.25, 0.3) is 0 Å². The van der Waals surface area contributed by atoms with Gasteiger partial charge in [0, 0.05) is 40.4 Å². The Morgan fingerprint density at radius 2 is 2.00 bits per heavy atom. The van der Waals surface area contributed by atoms with E-state index in [1.165, 1.54) is 0 Å². The summed E-state index contributed by atoms with van der Waals surface area (Å²) in [5.41, 5.74) is 2.78. The van der Waals surface area contributed by atoms with Gasteiger partial charge >= 0.3 is 0 Å². The average molecular weight is 351 g/mol. The third kappa shape index (κ3) is 3.52. The normalized spacial score (nSPS) is 12.4. The first kappa shape index (κ1) is 17.1. The molecule has 0 saturated carbocycles. The monoisotopic (exact) mass is 351 g/mol. The van der Waals surface area contributed by atoms with Crippen LogP contribution in [-0.4, -0.2) is 36.0 Å². The molecule has 0 aromatic carbocycles. The molecule has 0 radical (unpaired) electrons. The number of carbonyl (C=O) groups is 1. The lowest BCUT2D eigenvalue weighted by Gasteiger charge is -2.12. The minimum atomic E-state index is -1.04. The van der Waals surface area contributed by atoms with E-state index >= 15 is 0 Å². The lowest BCUT2D eigenvalue weighted by atomic mass is 10.2. The average Bonchev–Trinajstić information content (AvgIpc) is 3.03. The maximum absolute atomic E-state index is 11.6. The molecule has 0 amide bonds. The summed E-state index contributed by atoms with van der Waals surface area (Å²) in [4.78, 5) is 19.6. The van der Waals surface area contributed by atoms with Gasteiger partial charge in [0.2, 0.25) is 0 Å². The first-order valence-corrected chi connectivity index (χ1v) is 9.22. The second kappa shape index (κ2) is 6.61. The molecule has 3 aromatic rings. The summed E-state index contributed by atoms with van der Waals surface area (Å²) < 4.78 is 13.0. The summed E-state index contributed by atoms with van der Waals surface area (Å²) in [6, 6.07) is 7.43. The SMILES string of the molecule is CS(=O)C(C)(C)C#Cc1ccc(-n2ccc3cc(C=O)cnc32)cn1. The van der Waals surface area contributed by atoms with Crippen molar-refractivity contribution in [2.45, 2.75) is 18.6 Å². The molecule has 6 heteroatoms. The van der Waals surface area contributed by atoms with E-state index in [2.05, 4.69) is 21.8 Å². The molecule has 1 unspecified atom stereocenters. The van der Waals surface area contributed by atoms with Crippen LogP contribution in [0.1, 0.15) is 29.9 Å². The Balaban J connectivity index is 1.92. The van der Waals surface area contributed by atoms with Crippen LogP contribution in [0.5, 0.6) is 0 Å². The Labute approximate surface area is 148 Å². The summed E-state index contributed by atoms with van der Waals surface area (Å²) in [5.74, 6) is 5.98. The number of hydrogen-bond acceptors (Lipinski definition) is 4. The molecule has 0 N–H and O–H groups in total. The largest absolute Gasteiger partial charge is 0.300 e. The molecule has 3 rings (SSSR count). The molecule has 25 heavy (non-hydrogen) atoms. The van der Waals surface area contributed by atoms with Gasteiger partial charge in [0.15, 0.2) is 6.29 Å². The zero-order chi connectivity index (χ0) is 18.0. The smallest absolute Gasteiger partial charge is 0.151 e. The number of pyridine rings is 2. The fraction of sp³-hybridized carbons (Fsp3) is 0.211. The van der Waals surface area contributed by atoms with Gasteiger partial charge in [0.05, 0.1) is 11.9 Å². The number of fused-ring (bicyclic) bond motifs is 1. The zero-order valence-electron chi connectivity index (χ0n) is 14.2. The molecule has 3 aromatic heterocycles. The van der Waals surface area contributed by atoms with Gasteiger partial charge in [-0.2, -0.15) is 0 Å². The van der Waals surface area contributed by atoms with Crippen LogP contribution in [0.25, 0.3) is 16.7 Å². The summed E-state index contributed by atoms with van der Waals surface area (Å²) in [6.07, 6.45) is 7.58. The number of aldehydes is 1. The molecular formula is C19H17N3O2S. The number of hydrogen-bond donors (Lipinski definition) is 0. The van der Waals surface area contributed by atoms with Gasteiger partial charge in [-0.1, -0.05) is 5.92 Å². The Morgan fingerprint density at radius 1 is 1.20 bits per heavy atom. The second-order valence-electron chi connectivity index (χ2n) is 6.10. The molecule has 0 aliphatic heterocycles. The molecule has 0 aliphatic rings. The van der Waals surface area contributed by atoms with Crippen molar-refractivity contribution in [1.82, 2.24) is 14.5 Å². The van der Waals surface area contributed by atoms with Crippen molar-refractivity contribution < 1.29 is 9.00 Å². The van der Waals surface area contributed by atoms with Crippen LogP contribution in [0.4, 0.5) is 0 Å². The quantitative estimate of drug-likeness (QED) is 0.538. The minimum absolute atomic E-state index is 0.546. The predicted octanol–water partition coefficient (Wildman–Crippen LogP) is 2.74. The first-order valence-electron chi connectivity index (χ1n) is 7.66. The lowest BCUT2D eigenvalue weighted by molar-refractivity contribution is 0.112. The molecule has 126 valence electrons. The van der Waals surface area contributed by atoms with E-state index in [4.69, 9.17) is 0 Å². The second-order valence-corrected chi connectivity index (χ2v) is 8.03. The number of nitrogens with zero attached hydrogens (tertiary/aromatic N) is 3. The highest BCUT2D eigenvalue weighted by molar-refractivity contribution is 7.85. The summed E-state index contributed by atoms with van der Waals surface area (Å²) in [5, 5.41) is 0.889. The van der Waals surface area contributed by atoms with E-state index in [0.29, 0.717) is 11.3 Å². The molecule has 0 bridgehead atoms. The van der Waals surface area contributed by atoms with Gasteiger partial charge < -0.3 is 0 Å². The molecule has 0 aliphatic carbocycles. The highest BCUT2D eigenvalue weighted by Gasteiger charge is 2.18. The van der Waals surface area contributed by atoms with Crippen molar-refractivity contribution in [3.63, 3.8) is 0 Å². The third-order valence-electron chi connectivity index (χ3n) is 3.92. The molecular weight excluding hydrogens is 334 g/mol. The number of aromatic nitrogens is 3. The maximum Gasteiger partial charge on any atom is 0.151 e. The highest BCUT2D eigenvalue weighted by Crippen LogP contribution is 2.19. The number of rotatable bonds is 3. The summed E-state index contributed by atoms with van der Waals surface area (Å²) in [7, 11) is -1.04. The van der Waals surface area contributed by atoms with Crippen molar-refractivity contribution in [2.75, 3.05) is 6.26 Å². The molecule has 0 fully saturated rings. The Hall–Kier alpha value is -2.78. The lowest BCUT2D eigenvalue weighted by Crippen LogP contribution is -2.23. The maximum atomic E-state index is 11.6. The highest BCUT2D eigenvalue weighted by atomic mass is 32.2. The Kier molecular flexibility index (Phi) is 4.51. The van der Waals surface area contributed by atoms with Crippen LogP contribution in [0.15, 0.2) is 42.9 Å². The summed E-state index contributed by atoms with van der Waals surface area (Å²) >= 11 is 0. The van der Waals surface area contributed by atoms with E-state index in [1.54, 1.807) is 24.7 Å². The van der Waals surface area contributed by atoms with Gasteiger partial charge in [-0.05, 0) is 44.0 Å². The van der Waals surface area contributed by atoms with Crippen LogP contribution in [0.3, 0.4) is 0 Å². The molecule has 0 saturated heterocycles. The van der Waals surface area contributed by atoms with Crippen LogP contribution in [0, 0.1) is 11.8 Å². The minimum Gasteiger partial charge on any atom is -0.300 e. The molecule has 5 nitrogen and oxygen atoms in total. The first-order chi connectivity index (χ1) is 11.9. The number of carbonyl (C=O) groups excluding carboxylic acids is 1. The van der Waals surface area contributed by atoms with E-state index in [1.807, 2.05) is 42.8 Å². The fourth-order valence-corrected chi connectivity index (χ4v) is 2.40. The van der Waals surface area contributed by atoms with Crippen molar-refractivity contribution in [3.05, 3.63) is 54.1 Å². The topological polar surface area (TPSA) is 64.8 Å². The fourth-order valence-electron chi connectivity index (χ4n) is 2.20. The van der Waals surface area contributed by atoms with Crippen molar-refractivity contribution in [1.29, 1.82) is 0 Å². The van der Waals surface area contributed by atoms with Crippen molar-refractivity contribution in [3.8, 4) is 17.5 Å². The van der Waals surface area contributed by atoms with Gasteiger partial charge in [0.1, 0.15) is 16.1 Å². The van der Waals surface area contributed by atoms with Crippen LogP contribution in [-0.2, 0) is 10.8 Å². The standard InChI is InChI=1S/C19H17N3O2S/c1-19(2,25(3)24)8-6-16-4-5-17(12-20-16)22-9-7-15-10-14(13-23)11-21-18(15)22/h4-5,7,9-13H,1-3H3. The van der Waals surface area contributed by atoms with Gasteiger partial charge in [-0.15, -0.1) is 0 Å². The van der Waals surface area contributed by atoms with E-state index in [0.717, 1.165) is 23.0 Å². The predicted molar refractivity (Wildman–Crippen MR) is 99.3 cm³/mol. The third-order valence-corrected chi connectivity index (χ3v) is 5.46. The van der Waals surface area contributed by atoms with Crippen LogP contribution >= 0.6 is 0 Å². The molecule has 0 spiro atoms. The molecule has 1 atom stereocenters. The zero-order valence-corrected chi connectivity index (χ0v) is 15.0. The van der Waals surface area contributed by atoms with Crippen molar-refractivity contribution >= 4 is 28.1 Å². The summed E-state index contributed by atoms with van der Waals surface area (Å²) in [6.45, 7) is 3.69. The van der Waals surface area contributed by atoms with E-state index in [-0.39, 0.29) is 0 Å². The Bertz CT molecular complexity index is 1020. The van der Waals surface area contributed by atoms with Gasteiger partial charge in [-0.3, -0.25) is 13.6 Å². The van der Waals surface area contributed by atoms with E-state index in [9.17, 15) is 9.00 Å². The van der Waals surface area contributed by atoms with E-state index < -0.39 is 15.5 Å². The van der Waals surface area contributed by atoms with Gasteiger partial charge in [-0.25, -0.2) is 9.97 Å². The molecule has 3 heterocycles.